The van der Waals surface area contributed by atoms with Crippen LogP contribution >= 0.6 is 12.6 Å². The van der Waals surface area contributed by atoms with Crippen molar-refractivity contribution in [3.63, 3.8) is 0 Å². The van der Waals surface area contributed by atoms with E-state index in [1.54, 1.807) is 7.11 Å². The van der Waals surface area contributed by atoms with Crippen molar-refractivity contribution in [3.05, 3.63) is 0 Å². The van der Waals surface area contributed by atoms with Gasteiger partial charge in [-0.25, -0.2) is 0 Å². The van der Waals surface area contributed by atoms with E-state index in [1.165, 1.54) is 0 Å². The Hall–Kier alpha value is 0.190. The van der Waals surface area contributed by atoms with E-state index >= 15 is 0 Å². The lowest BCUT2D eigenvalue weighted by atomic mass is 9.82. The summed E-state index contributed by atoms with van der Waals surface area (Å²) in [5, 5.41) is 0. The molecule has 0 amide bonds. The molecule has 5 heteroatoms. The minimum atomic E-state index is 0.234. The van der Waals surface area contributed by atoms with Crippen molar-refractivity contribution in [1.82, 2.24) is 0 Å². The first-order chi connectivity index (χ1) is 9.02. The summed E-state index contributed by atoms with van der Waals surface area (Å²) in [5.74, 6) is 1.31. The molecule has 0 N–H and O–H groups in total. The van der Waals surface area contributed by atoms with Crippen molar-refractivity contribution < 1.29 is 18.9 Å². The molecule has 0 aliphatic rings. The second kappa shape index (κ2) is 12.0. The molecule has 116 valence electrons. The van der Waals surface area contributed by atoms with Gasteiger partial charge in [0.25, 0.3) is 0 Å². The van der Waals surface area contributed by atoms with Gasteiger partial charge >= 0.3 is 0 Å². The first-order valence-corrected chi connectivity index (χ1v) is 7.48. The van der Waals surface area contributed by atoms with E-state index in [1.807, 2.05) is 0 Å². The van der Waals surface area contributed by atoms with Gasteiger partial charge in [-0.2, -0.15) is 12.6 Å². The van der Waals surface area contributed by atoms with Gasteiger partial charge in [-0.1, -0.05) is 20.8 Å². The Kier molecular flexibility index (Phi) is 12.1. The third kappa shape index (κ3) is 11.7. The smallest absolute Gasteiger partial charge is 0.0701 e. The molecular weight excluding hydrogens is 264 g/mol. The highest BCUT2D eigenvalue weighted by Crippen LogP contribution is 2.26. The van der Waals surface area contributed by atoms with Crippen LogP contribution in [0, 0.1) is 11.3 Å². The number of ether oxygens (including phenoxy) is 4. The molecule has 0 rings (SSSR count). The summed E-state index contributed by atoms with van der Waals surface area (Å²) >= 11 is 4.37. The zero-order valence-corrected chi connectivity index (χ0v) is 13.7. The van der Waals surface area contributed by atoms with Gasteiger partial charge in [-0.05, 0) is 17.1 Å². The van der Waals surface area contributed by atoms with Gasteiger partial charge < -0.3 is 18.9 Å². The molecule has 19 heavy (non-hydrogen) atoms. The summed E-state index contributed by atoms with van der Waals surface area (Å²) in [5.41, 5.74) is 0.234. The van der Waals surface area contributed by atoms with E-state index in [0.717, 1.165) is 12.4 Å². The van der Waals surface area contributed by atoms with Gasteiger partial charge in [0.15, 0.2) is 0 Å². The largest absolute Gasteiger partial charge is 0.382 e. The van der Waals surface area contributed by atoms with Gasteiger partial charge in [0.05, 0.1) is 46.2 Å². The predicted octanol–water partition coefficient (Wildman–Crippen LogP) is 2.27. The number of hydrogen-bond acceptors (Lipinski definition) is 5. The summed E-state index contributed by atoms with van der Waals surface area (Å²) in [4.78, 5) is 0. The summed E-state index contributed by atoms with van der Waals surface area (Å²) in [6, 6.07) is 0. The predicted molar refractivity (Wildman–Crippen MR) is 81.1 cm³/mol. The van der Waals surface area contributed by atoms with Gasteiger partial charge in [0, 0.05) is 7.11 Å². The lowest BCUT2D eigenvalue weighted by molar-refractivity contribution is -0.00698. The molecular formula is C14H30O4S. The minimum Gasteiger partial charge on any atom is -0.382 e. The van der Waals surface area contributed by atoms with Gasteiger partial charge in [-0.15, -0.1) is 0 Å². The lowest BCUT2D eigenvalue weighted by Crippen LogP contribution is -2.27. The van der Waals surface area contributed by atoms with Crippen LogP contribution in [0.3, 0.4) is 0 Å². The standard InChI is InChI=1S/C14H30O4S/c1-14(2,3)13(12-19)11-18-10-9-17-8-7-16-6-5-15-4/h13,19H,5-12H2,1-4H3. The molecule has 0 bridgehead atoms. The average molecular weight is 294 g/mol. The van der Waals surface area contributed by atoms with Crippen LogP contribution < -0.4 is 0 Å². The highest BCUT2D eigenvalue weighted by molar-refractivity contribution is 7.80. The molecule has 0 aromatic heterocycles. The fraction of sp³-hybridized carbons (Fsp3) is 1.00. The van der Waals surface area contributed by atoms with Crippen LogP contribution in [0.1, 0.15) is 20.8 Å². The van der Waals surface area contributed by atoms with Crippen molar-refractivity contribution in [2.75, 3.05) is 59.1 Å². The number of rotatable bonds is 12. The molecule has 1 atom stereocenters. The Labute approximate surface area is 123 Å². The maximum absolute atomic E-state index is 5.62. The van der Waals surface area contributed by atoms with Crippen LogP contribution in [-0.4, -0.2) is 59.1 Å². The van der Waals surface area contributed by atoms with Crippen LogP contribution in [-0.2, 0) is 18.9 Å². The minimum absolute atomic E-state index is 0.234. The SMILES string of the molecule is COCCOCCOCCOCC(CS)C(C)(C)C. The maximum atomic E-state index is 5.62. The van der Waals surface area contributed by atoms with Crippen LogP contribution in [0.2, 0.25) is 0 Å². The molecule has 0 saturated heterocycles. The molecule has 0 heterocycles. The topological polar surface area (TPSA) is 36.9 Å². The molecule has 0 aliphatic carbocycles. The van der Waals surface area contributed by atoms with E-state index < -0.39 is 0 Å². The highest BCUT2D eigenvalue weighted by atomic mass is 32.1. The first kappa shape index (κ1) is 19.2. The summed E-state index contributed by atoms with van der Waals surface area (Å²) < 4.78 is 21.2. The number of hydrogen-bond donors (Lipinski definition) is 1. The number of thiol groups is 1. The molecule has 0 aliphatic heterocycles. The molecule has 0 aromatic rings. The van der Waals surface area contributed by atoms with Gasteiger partial charge in [0.1, 0.15) is 0 Å². The van der Waals surface area contributed by atoms with Crippen LogP contribution in [0.25, 0.3) is 0 Å². The lowest BCUT2D eigenvalue weighted by Gasteiger charge is -2.29. The van der Waals surface area contributed by atoms with E-state index in [4.69, 9.17) is 18.9 Å². The molecule has 0 fully saturated rings. The second-order valence-electron chi connectivity index (χ2n) is 5.54. The van der Waals surface area contributed by atoms with E-state index in [-0.39, 0.29) is 5.41 Å². The fourth-order valence-corrected chi connectivity index (χ4v) is 2.04. The van der Waals surface area contributed by atoms with Gasteiger partial charge in [0.2, 0.25) is 0 Å². The van der Waals surface area contributed by atoms with Gasteiger partial charge in [-0.3, -0.25) is 0 Å². The number of methoxy groups -OCH3 is 1. The van der Waals surface area contributed by atoms with E-state index in [2.05, 4.69) is 33.4 Å². The van der Waals surface area contributed by atoms with Crippen molar-refractivity contribution in [1.29, 1.82) is 0 Å². The van der Waals surface area contributed by atoms with Crippen molar-refractivity contribution >= 4 is 12.6 Å². The quantitative estimate of drug-likeness (QED) is 0.442. The Morgan fingerprint density at radius 1 is 0.842 bits per heavy atom. The first-order valence-electron chi connectivity index (χ1n) is 6.85. The Balaban J connectivity index is 3.31. The third-order valence-corrected chi connectivity index (χ3v) is 3.38. The Morgan fingerprint density at radius 3 is 1.74 bits per heavy atom. The molecule has 0 spiro atoms. The van der Waals surface area contributed by atoms with Crippen molar-refractivity contribution in [3.8, 4) is 0 Å². The summed E-state index contributed by atoms with van der Waals surface area (Å²) in [6.07, 6.45) is 0. The normalized spacial score (nSPS) is 13.7. The van der Waals surface area contributed by atoms with Crippen LogP contribution in [0.15, 0.2) is 0 Å². The van der Waals surface area contributed by atoms with E-state index in [9.17, 15) is 0 Å². The van der Waals surface area contributed by atoms with Crippen molar-refractivity contribution in [2.24, 2.45) is 11.3 Å². The monoisotopic (exact) mass is 294 g/mol. The zero-order chi connectivity index (χ0) is 14.6. The van der Waals surface area contributed by atoms with Crippen LogP contribution in [0.4, 0.5) is 0 Å². The highest BCUT2D eigenvalue weighted by Gasteiger charge is 2.23. The Morgan fingerprint density at radius 2 is 1.32 bits per heavy atom. The average Bonchev–Trinajstić information content (AvgIpc) is 2.34. The molecule has 0 saturated carbocycles. The van der Waals surface area contributed by atoms with E-state index in [0.29, 0.717) is 45.6 Å². The van der Waals surface area contributed by atoms with Crippen LogP contribution in [0.5, 0.6) is 0 Å². The molecule has 4 nitrogen and oxygen atoms in total. The molecule has 0 radical (unpaired) electrons. The maximum Gasteiger partial charge on any atom is 0.0701 e. The fourth-order valence-electron chi connectivity index (χ4n) is 1.38. The Bertz CT molecular complexity index is 194. The molecule has 0 aromatic carbocycles. The third-order valence-electron chi connectivity index (χ3n) is 2.94. The molecule has 1 unspecified atom stereocenters. The second-order valence-corrected chi connectivity index (χ2v) is 5.90. The summed E-state index contributed by atoms with van der Waals surface area (Å²) in [6.45, 7) is 11.1. The summed E-state index contributed by atoms with van der Waals surface area (Å²) in [7, 11) is 1.66. The van der Waals surface area contributed by atoms with Crippen molar-refractivity contribution in [2.45, 2.75) is 20.8 Å². The zero-order valence-electron chi connectivity index (χ0n) is 12.8.